The number of carbonyl (C=O) groups excluding carboxylic acids is 2. The van der Waals surface area contributed by atoms with E-state index >= 15 is 0 Å². The molecule has 0 aliphatic heterocycles. The van der Waals surface area contributed by atoms with Crippen LogP contribution in [0.3, 0.4) is 0 Å². The molecule has 0 aromatic rings. The van der Waals surface area contributed by atoms with Crippen molar-refractivity contribution in [2.75, 3.05) is 40.9 Å². The smallest absolute Gasteiger partial charge is 0.306 e. The molecule has 0 spiro atoms. The normalized spacial score (nSPS) is 14.4. The quantitative estimate of drug-likeness (QED) is 0.0212. The van der Waals surface area contributed by atoms with Gasteiger partial charge in [0.1, 0.15) is 19.3 Å². The highest BCUT2D eigenvalue weighted by Crippen LogP contribution is 2.38. The fourth-order valence-electron chi connectivity index (χ4n) is 8.62. The third kappa shape index (κ3) is 57.4. The predicted octanol–water partition coefficient (Wildman–Crippen LogP) is 19.1. The van der Waals surface area contributed by atoms with Gasteiger partial charge in [-0.15, -0.1) is 0 Å². The lowest BCUT2D eigenvalue weighted by molar-refractivity contribution is -0.870. The topological polar surface area (TPSA) is 114 Å². The minimum Gasteiger partial charge on any atom is -0.756 e. The highest BCUT2D eigenvalue weighted by Gasteiger charge is 2.27. The largest absolute Gasteiger partial charge is 0.756 e. The number of phosphoric ester groups is 1. The summed E-state index contributed by atoms with van der Waals surface area (Å²) >= 11 is 0. The molecule has 1 N–H and O–H groups in total. The Balaban J connectivity index is 5.11. The number of nitrogens with one attached hydrogen (secondary N) is 1. The summed E-state index contributed by atoms with van der Waals surface area (Å²) in [4.78, 5) is 40.0. The fourth-order valence-corrected chi connectivity index (χ4v) is 9.34. The summed E-state index contributed by atoms with van der Waals surface area (Å²) in [7, 11) is 1.16. The first-order chi connectivity index (χ1) is 37.9. The zero-order valence-electron chi connectivity index (χ0n) is 51.1. The molecule has 448 valence electrons. The number of phosphoric acid groups is 1. The lowest BCUT2D eigenvalue weighted by atomic mass is 10.1. The molecule has 0 aromatic heterocycles. The number of unbranched alkanes of at least 4 members (excludes halogenated alkanes) is 24. The van der Waals surface area contributed by atoms with E-state index in [0.29, 0.717) is 23.9 Å². The number of allylic oxidation sites excluding steroid dienone is 17. The molecule has 0 heterocycles. The number of hydrogen-bond donors (Lipinski definition) is 1. The van der Waals surface area contributed by atoms with Gasteiger partial charge in [0.15, 0.2) is 0 Å². The van der Waals surface area contributed by atoms with Crippen LogP contribution in [0.1, 0.15) is 258 Å². The Morgan fingerprint density at radius 3 is 1.23 bits per heavy atom. The van der Waals surface area contributed by atoms with E-state index in [1.165, 1.54) is 89.9 Å². The Hall–Kier alpha value is -3.33. The van der Waals surface area contributed by atoms with E-state index in [4.69, 9.17) is 13.8 Å². The molecule has 0 fully saturated rings. The molecule has 3 atom stereocenters. The molecular weight excluding hydrogens is 988 g/mol. The number of esters is 1. The lowest BCUT2D eigenvalue weighted by Gasteiger charge is -2.30. The summed E-state index contributed by atoms with van der Waals surface area (Å²) < 4.78 is 30.3. The van der Waals surface area contributed by atoms with E-state index in [1.807, 2.05) is 33.3 Å². The monoisotopic (exact) mass is 1110 g/mol. The van der Waals surface area contributed by atoms with Gasteiger partial charge in [0.2, 0.25) is 5.91 Å². The van der Waals surface area contributed by atoms with E-state index in [1.54, 1.807) is 0 Å². The number of ether oxygens (including phenoxy) is 1. The summed E-state index contributed by atoms with van der Waals surface area (Å²) in [5, 5.41) is 3.02. The Labute approximate surface area is 481 Å². The molecule has 0 saturated carbocycles. The molecule has 10 heteroatoms. The zero-order chi connectivity index (χ0) is 57.2. The first kappa shape index (κ1) is 74.7. The predicted molar refractivity (Wildman–Crippen MR) is 334 cm³/mol. The minimum atomic E-state index is -4.71. The van der Waals surface area contributed by atoms with Crippen LogP contribution in [-0.2, 0) is 27.9 Å². The molecule has 0 rings (SSSR count). The molecule has 78 heavy (non-hydrogen) atoms. The van der Waals surface area contributed by atoms with Crippen molar-refractivity contribution in [3.63, 3.8) is 0 Å². The number of quaternary nitrogens is 1. The molecule has 9 nitrogen and oxygen atoms in total. The van der Waals surface area contributed by atoms with Crippen LogP contribution < -0.4 is 10.2 Å². The number of hydrogen-bond acceptors (Lipinski definition) is 7. The lowest BCUT2D eigenvalue weighted by Crippen LogP contribution is -2.47. The fraction of sp³-hybridized carbons (Fsp3) is 0.706. The van der Waals surface area contributed by atoms with Gasteiger partial charge in [0, 0.05) is 12.8 Å². The van der Waals surface area contributed by atoms with Crippen LogP contribution in [0.15, 0.2) is 109 Å². The molecule has 0 aromatic carbocycles. The van der Waals surface area contributed by atoms with Crippen molar-refractivity contribution in [1.82, 2.24) is 5.32 Å². The summed E-state index contributed by atoms with van der Waals surface area (Å²) in [6.45, 7) is 6.60. The van der Waals surface area contributed by atoms with Gasteiger partial charge in [-0.25, -0.2) is 0 Å². The zero-order valence-corrected chi connectivity index (χ0v) is 52.0. The van der Waals surface area contributed by atoms with Crippen LogP contribution in [0, 0.1) is 0 Å². The Bertz CT molecular complexity index is 1700. The highest BCUT2D eigenvalue weighted by atomic mass is 31.2. The van der Waals surface area contributed by atoms with E-state index in [9.17, 15) is 19.0 Å². The Kier molecular flexibility index (Phi) is 54.5. The maximum atomic E-state index is 13.5. The van der Waals surface area contributed by atoms with Crippen LogP contribution >= 0.6 is 7.82 Å². The van der Waals surface area contributed by atoms with E-state index in [0.717, 1.165) is 128 Å². The Morgan fingerprint density at radius 2 is 0.821 bits per heavy atom. The first-order valence-corrected chi connectivity index (χ1v) is 33.2. The summed E-state index contributed by atoms with van der Waals surface area (Å²) in [5.41, 5.74) is 0. The highest BCUT2D eigenvalue weighted by molar-refractivity contribution is 7.45. The van der Waals surface area contributed by atoms with Gasteiger partial charge in [-0.3, -0.25) is 14.2 Å². The summed E-state index contributed by atoms with van der Waals surface area (Å²) in [5.74, 6) is -0.566. The number of nitrogens with zero attached hydrogens (tertiary/aromatic N) is 1. The van der Waals surface area contributed by atoms with Crippen LogP contribution in [0.2, 0.25) is 0 Å². The standard InChI is InChI=1S/C68H119N2O7P/c1-7-10-13-16-19-22-25-27-29-30-31-32-33-34-35-36-37-38-39-40-41-43-46-49-52-55-58-61-68(72)77-66(59-56-53-50-47-44-24-21-18-15-12-9-3)65(64-76-78(73,74)75-63-62-70(4,5)6)69-67(71)60-57-54-51-48-45-42-28-26-23-20-17-14-11-8-2/h10-11,13-14,19-20,22-23,27,29,31-32,34-35,37-38,56,59,65-66H,7-9,12,15-18,21,24-26,28,30,33,36,39-55,57-58,60-64H2,1-6H3,(H-,69,71,73,74)/b13-10-,14-11+,22-19-,23-20+,29-27-,32-31-,35-34-,38-37-,59-56-. The second-order valence-electron chi connectivity index (χ2n) is 22.1. The molecule has 0 saturated heterocycles. The minimum absolute atomic E-state index is 0.0303. The number of likely N-dealkylation sites (N-methyl/N-ethyl adjacent to an activating group) is 1. The maximum absolute atomic E-state index is 13.5. The number of rotatable bonds is 56. The van der Waals surface area contributed by atoms with Gasteiger partial charge in [-0.1, -0.05) is 246 Å². The van der Waals surface area contributed by atoms with Gasteiger partial charge >= 0.3 is 5.97 Å². The molecule has 3 unspecified atom stereocenters. The average molecular weight is 1110 g/mol. The Morgan fingerprint density at radius 1 is 0.462 bits per heavy atom. The van der Waals surface area contributed by atoms with Crippen molar-refractivity contribution < 1.29 is 37.3 Å². The molecule has 0 aliphatic rings. The van der Waals surface area contributed by atoms with Crippen LogP contribution in [0.4, 0.5) is 0 Å². The number of carbonyl (C=O) groups is 2. The van der Waals surface area contributed by atoms with Crippen molar-refractivity contribution >= 4 is 19.7 Å². The van der Waals surface area contributed by atoms with E-state index in [-0.39, 0.29) is 24.9 Å². The summed E-state index contributed by atoms with van der Waals surface area (Å²) in [6.07, 6.45) is 77.8. The van der Waals surface area contributed by atoms with Crippen molar-refractivity contribution in [2.45, 2.75) is 270 Å². The van der Waals surface area contributed by atoms with Crippen molar-refractivity contribution in [1.29, 1.82) is 0 Å². The van der Waals surface area contributed by atoms with Gasteiger partial charge in [0.05, 0.1) is 33.8 Å². The third-order valence-electron chi connectivity index (χ3n) is 13.4. The van der Waals surface area contributed by atoms with Crippen molar-refractivity contribution in [2.24, 2.45) is 0 Å². The molecular formula is C68H119N2O7P. The van der Waals surface area contributed by atoms with Crippen LogP contribution in [0.5, 0.6) is 0 Å². The van der Waals surface area contributed by atoms with Crippen molar-refractivity contribution in [3.8, 4) is 0 Å². The second kappa shape index (κ2) is 56.9. The van der Waals surface area contributed by atoms with Gasteiger partial charge in [-0.05, 0) is 109 Å². The first-order valence-electron chi connectivity index (χ1n) is 31.7. The van der Waals surface area contributed by atoms with E-state index in [2.05, 4.69) is 123 Å². The SMILES string of the molecule is CC/C=C\C/C=C\C/C=C\C/C=C\C/C=C\C/C=C\CCCCCCCCCCC(=O)OC(/C=C\CCCCCCCCCCC)C(COP(=O)([O-])OCC[N+](C)(C)C)NC(=O)CCCCCCCCC/C=C/C/C=C/CC. The van der Waals surface area contributed by atoms with Crippen molar-refractivity contribution in [3.05, 3.63) is 109 Å². The molecule has 0 radical (unpaired) electrons. The third-order valence-corrected chi connectivity index (χ3v) is 14.4. The van der Waals surface area contributed by atoms with Gasteiger partial charge in [0.25, 0.3) is 7.82 Å². The van der Waals surface area contributed by atoms with Crippen LogP contribution in [0.25, 0.3) is 0 Å². The molecule has 0 aliphatic carbocycles. The van der Waals surface area contributed by atoms with Crippen LogP contribution in [-0.4, -0.2) is 69.4 Å². The second-order valence-corrected chi connectivity index (χ2v) is 23.6. The summed E-state index contributed by atoms with van der Waals surface area (Å²) in [6, 6.07) is -0.902. The maximum Gasteiger partial charge on any atom is 0.306 e. The van der Waals surface area contributed by atoms with Gasteiger partial charge in [-0.2, -0.15) is 0 Å². The average Bonchev–Trinajstić information content (AvgIpc) is 3.40. The van der Waals surface area contributed by atoms with Gasteiger partial charge < -0.3 is 28.5 Å². The molecule has 1 amide bonds. The molecule has 0 bridgehead atoms. The number of amides is 1. The van der Waals surface area contributed by atoms with E-state index < -0.39 is 26.6 Å².